The number of ether oxygens (including phenoxy) is 1. The topological polar surface area (TPSA) is 95.4 Å². The second-order valence-corrected chi connectivity index (χ2v) is 4.41. The van der Waals surface area contributed by atoms with Gasteiger partial charge in [0.05, 0.1) is 5.69 Å². The lowest BCUT2D eigenvalue weighted by molar-refractivity contribution is -0.120. The number of rotatable bonds is 5. The summed E-state index contributed by atoms with van der Waals surface area (Å²) in [6.07, 6.45) is 0.807. The highest BCUT2D eigenvalue weighted by Crippen LogP contribution is 2.32. The van der Waals surface area contributed by atoms with Crippen molar-refractivity contribution >= 4 is 17.4 Å². The average molecular weight is 274 g/mol. The summed E-state index contributed by atoms with van der Waals surface area (Å²) in [5.74, 6) is 0.399. The number of anilines is 1. The Hall–Kier alpha value is -2.53. The Balaban J connectivity index is 2.12. The third-order valence-corrected chi connectivity index (χ3v) is 3.09. The number of ketones is 1. The van der Waals surface area contributed by atoms with Crippen LogP contribution in [-0.2, 0) is 4.79 Å². The molecule has 20 heavy (non-hydrogen) atoms. The third kappa shape index (κ3) is 2.89. The highest BCUT2D eigenvalue weighted by molar-refractivity contribution is 6.01. The van der Waals surface area contributed by atoms with E-state index in [-0.39, 0.29) is 18.3 Å². The van der Waals surface area contributed by atoms with Gasteiger partial charge in [-0.1, -0.05) is 5.11 Å². The Labute approximate surface area is 115 Å². The lowest BCUT2D eigenvalue weighted by Gasteiger charge is -2.26. The van der Waals surface area contributed by atoms with Crippen molar-refractivity contribution in [2.24, 2.45) is 5.11 Å². The van der Waals surface area contributed by atoms with Crippen LogP contribution < -0.4 is 9.64 Å². The molecule has 1 aromatic rings. The van der Waals surface area contributed by atoms with Crippen molar-refractivity contribution < 1.29 is 14.3 Å². The number of fused-ring (bicyclic) bond motifs is 1. The van der Waals surface area contributed by atoms with Crippen LogP contribution in [0.15, 0.2) is 23.3 Å². The second-order valence-electron chi connectivity index (χ2n) is 4.41. The first-order chi connectivity index (χ1) is 9.63. The van der Waals surface area contributed by atoms with Crippen LogP contribution >= 0.6 is 0 Å². The molecule has 1 aromatic carbocycles. The molecule has 0 radical (unpaired) electrons. The van der Waals surface area contributed by atoms with Gasteiger partial charge in [-0.05, 0) is 30.2 Å². The largest absolute Gasteiger partial charge is 0.482 e. The summed E-state index contributed by atoms with van der Waals surface area (Å²) in [5.41, 5.74) is 9.28. The van der Waals surface area contributed by atoms with E-state index in [1.807, 2.05) is 0 Å². The fourth-order valence-corrected chi connectivity index (χ4v) is 1.95. The summed E-state index contributed by atoms with van der Waals surface area (Å²) >= 11 is 0. The zero-order valence-electron chi connectivity index (χ0n) is 11.1. The Morgan fingerprint density at radius 2 is 2.35 bits per heavy atom. The molecule has 2 rings (SSSR count). The zero-order valence-corrected chi connectivity index (χ0v) is 11.1. The van der Waals surface area contributed by atoms with Crippen LogP contribution in [-0.4, -0.2) is 31.9 Å². The minimum absolute atomic E-state index is 0.0168. The molecule has 1 aliphatic heterocycles. The second kappa shape index (κ2) is 6.08. The summed E-state index contributed by atoms with van der Waals surface area (Å²) in [6, 6.07) is 5.03. The Morgan fingerprint density at radius 3 is 3.10 bits per heavy atom. The zero-order chi connectivity index (χ0) is 14.5. The smallest absolute Gasteiger partial charge is 0.264 e. The molecule has 7 nitrogen and oxygen atoms in total. The number of nitrogens with zero attached hydrogens (tertiary/aromatic N) is 4. The lowest BCUT2D eigenvalue weighted by atomic mass is 10.0. The number of carbonyl (C=O) groups excluding carboxylic acids is 2. The summed E-state index contributed by atoms with van der Waals surface area (Å²) in [7, 11) is 1.65. The molecule has 0 atom stereocenters. The van der Waals surface area contributed by atoms with Gasteiger partial charge in [0.1, 0.15) is 5.75 Å². The number of hydrogen-bond donors (Lipinski definition) is 0. The maximum absolute atomic E-state index is 12.0. The molecule has 0 saturated heterocycles. The molecule has 1 amide bonds. The molecular weight excluding hydrogens is 260 g/mol. The Morgan fingerprint density at radius 1 is 1.55 bits per heavy atom. The first-order valence-electron chi connectivity index (χ1n) is 6.21. The maximum atomic E-state index is 12.0. The van der Waals surface area contributed by atoms with Crippen molar-refractivity contribution in [1.29, 1.82) is 0 Å². The van der Waals surface area contributed by atoms with E-state index in [0.29, 0.717) is 36.4 Å². The summed E-state index contributed by atoms with van der Waals surface area (Å²) < 4.78 is 5.30. The standard InChI is InChI=1S/C13H14N4O3/c1-17-10-7-9(11(18)3-2-6-15-16-14)4-5-12(10)20-8-13(17)19/h4-5,7H,2-3,6,8H2,1H3. The van der Waals surface area contributed by atoms with Gasteiger partial charge < -0.3 is 9.64 Å². The van der Waals surface area contributed by atoms with Gasteiger partial charge in [-0.15, -0.1) is 0 Å². The summed E-state index contributed by atoms with van der Waals surface area (Å²) in [6.45, 7) is 0.317. The van der Waals surface area contributed by atoms with E-state index in [9.17, 15) is 9.59 Å². The van der Waals surface area contributed by atoms with Crippen LogP contribution in [0.5, 0.6) is 5.75 Å². The quantitative estimate of drug-likeness (QED) is 0.271. The summed E-state index contributed by atoms with van der Waals surface area (Å²) in [5, 5.41) is 3.39. The molecule has 0 unspecified atom stereocenters. The van der Waals surface area contributed by atoms with E-state index >= 15 is 0 Å². The molecule has 1 aliphatic rings. The van der Waals surface area contributed by atoms with Gasteiger partial charge in [0, 0.05) is 30.5 Å². The van der Waals surface area contributed by atoms with Crippen LogP contribution in [0.4, 0.5) is 5.69 Å². The number of likely N-dealkylation sites (N-methyl/N-ethyl adjacent to an activating group) is 1. The summed E-state index contributed by atoms with van der Waals surface area (Å²) in [4.78, 5) is 27.7. The molecule has 0 fully saturated rings. The van der Waals surface area contributed by atoms with Crippen LogP contribution in [0.25, 0.3) is 10.4 Å². The predicted molar refractivity (Wildman–Crippen MR) is 72.9 cm³/mol. The van der Waals surface area contributed by atoms with Crippen LogP contribution in [0, 0.1) is 0 Å². The van der Waals surface area contributed by atoms with Crippen molar-refractivity contribution in [2.45, 2.75) is 12.8 Å². The van der Waals surface area contributed by atoms with Gasteiger partial charge in [-0.2, -0.15) is 0 Å². The van der Waals surface area contributed by atoms with Gasteiger partial charge >= 0.3 is 0 Å². The highest BCUT2D eigenvalue weighted by Gasteiger charge is 2.23. The molecule has 1 heterocycles. The van der Waals surface area contributed by atoms with Gasteiger partial charge in [-0.25, -0.2) is 0 Å². The third-order valence-electron chi connectivity index (χ3n) is 3.09. The Bertz CT molecular complexity index is 593. The van der Waals surface area contributed by atoms with E-state index in [4.69, 9.17) is 10.3 Å². The fourth-order valence-electron chi connectivity index (χ4n) is 1.95. The number of Topliss-reactive ketones (excluding diaryl/α,β-unsaturated/α-hetero) is 1. The first-order valence-corrected chi connectivity index (χ1v) is 6.21. The van der Waals surface area contributed by atoms with E-state index in [0.717, 1.165) is 0 Å². The van der Waals surface area contributed by atoms with E-state index < -0.39 is 0 Å². The van der Waals surface area contributed by atoms with Gasteiger partial charge in [-0.3, -0.25) is 9.59 Å². The number of amides is 1. The SMILES string of the molecule is CN1C(=O)COc2ccc(C(=O)CCCN=[N+]=[N-])cc21. The minimum atomic E-state index is -0.148. The average Bonchev–Trinajstić information content (AvgIpc) is 2.47. The first kappa shape index (κ1) is 13.9. The van der Waals surface area contributed by atoms with Crippen molar-refractivity contribution in [2.75, 3.05) is 25.1 Å². The number of azide groups is 1. The molecule has 0 aliphatic carbocycles. The molecule has 0 spiro atoms. The fraction of sp³-hybridized carbons (Fsp3) is 0.385. The van der Waals surface area contributed by atoms with E-state index in [1.54, 1.807) is 25.2 Å². The normalized spacial score (nSPS) is 13.2. The lowest BCUT2D eigenvalue weighted by Crippen LogP contribution is -2.35. The molecule has 104 valence electrons. The van der Waals surface area contributed by atoms with Crippen LogP contribution in [0.2, 0.25) is 0 Å². The van der Waals surface area contributed by atoms with Gasteiger partial charge in [0.25, 0.3) is 5.91 Å². The maximum Gasteiger partial charge on any atom is 0.264 e. The molecule has 0 aromatic heterocycles. The van der Waals surface area contributed by atoms with Crippen molar-refractivity contribution in [3.05, 3.63) is 34.2 Å². The van der Waals surface area contributed by atoms with Gasteiger partial charge in [0.15, 0.2) is 12.4 Å². The van der Waals surface area contributed by atoms with Crippen molar-refractivity contribution in [1.82, 2.24) is 0 Å². The molecule has 0 saturated carbocycles. The van der Waals surface area contributed by atoms with E-state index in [2.05, 4.69) is 10.0 Å². The molecule has 0 N–H and O–H groups in total. The van der Waals surface area contributed by atoms with Gasteiger partial charge in [0.2, 0.25) is 0 Å². The molecule has 7 heteroatoms. The van der Waals surface area contributed by atoms with Crippen molar-refractivity contribution in [3.63, 3.8) is 0 Å². The predicted octanol–water partition coefficient (Wildman–Crippen LogP) is 2.32. The number of hydrogen-bond acceptors (Lipinski definition) is 4. The number of carbonyl (C=O) groups is 2. The number of benzene rings is 1. The van der Waals surface area contributed by atoms with Crippen molar-refractivity contribution in [3.8, 4) is 5.75 Å². The monoisotopic (exact) mass is 274 g/mol. The minimum Gasteiger partial charge on any atom is -0.482 e. The van der Waals surface area contributed by atoms with E-state index in [1.165, 1.54) is 4.90 Å². The van der Waals surface area contributed by atoms with Crippen LogP contribution in [0.3, 0.4) is 0 Å². The van der Waals surface area contributed by atoms with Crippen LogP contribution in [0.1, 0.15) is 23.2 Å². The molecule has 0 bridgehead atoms. The highest BCUT2D eigenvalue weighted by atomic mass is 16.5. The molecular formula is C13H14N4O3. The Kier molecular flexibility index (Phi) is 4.22.